The Morgan fingerprint density at radius 3 is 2.40 bits per heavy atom. The number of allylic oxidation sites excluding steroid dienone is 3. The van der Waals surface area contributed by atoms with Gasteiger partial charge in [0.05, 0.1) is 28.4 Å². The Labute approximate surface area is 377 Å². The number of ether oxygens (including phenoxy) is 7. The SMILES string of the molecule is C=C(N)OC1C(C)OC(C2=N/C(=C(\O)C3C(C)C=CC4C(OC5CC(O)(C(C)CC(=O)c6[nH]cc(Cl)c6Cl)C(O)C(C)O5)CCC(=C)C43)C(=O)C(C(C)C)O2)C(OC)C1OC(C)=O. The van der Waals surface area contributed by atoms with Gasteiger partial charge in [-0.25, -0.2) is 4.99 Å². The number of carbonyl (C=O) groups excluding carboxylic acids is 3. The van der Waals surface area contributed by atoms with Crippen LogP contribution in [0.3, 0.4) is 0 Å². The van der Waals surface area contributed by atoms with Crippen molar-refractivity contribution in [1.29, 1.82) is 0 Å². The van der Waals surface area contributed by atoms with Crippen molar-refractivity contribution in [2.24, 2.45) is 46.2 Å². The molecule has 1 aromatic heterocycles. The summed E-state index contributed by atoms with van der Waals surface area (Å²) in [7, 11) is 1.40. The van der Waals surface area contributed by atoms with Gasteiger partial charge in [0.2, 0.25) is 11.7 Å². The fourth-order valence-corrected chi connectivity index (χ4v) is 10.2. The number of aliphatic imine (C=N–C) groups is 1. The maximum absolute atomic E-state index is 14.3. The van der Waals surface area contributed by atoms with Gasteiger partial charge in [0.1, 0.15) is 29.3 Å². The molecule has 16 nitrogen and oxygen atoms in total. The third-order valence-electron chi connectivity index (χ3n) is 13.2. The summed E-state index contributed by atoms with van der Waals surface area (Å²) in [6.45, 7) is 19.8. The van der Waals surface area contributed by atoms with Crippen LogP contribution in [-0.4, -0.2) is 118 Å². The van der Waals surface area contributed by atoms with Crippen LogP contribution < -0.4 is 5.73 Å². The normalized spacial score (nSPS) is 38.3. The summed E-state index contributed by atoms with van der Waals surface area (Å²) in [5.74, 6) is -4.80. The van der Waals surface area contributed by atoms with Gasteiger partial charge in [0.25, 0.3) is 0 Å². The number of halogens is 2. The number of nitrogens with one attached hydrogen (secondary N) is 1. The van der Waals surface area contributed by atoms with Crippen LogP contribution in [-0.2, 0) is 42.7 Å². The van der Waals surface area contributed by atoms with Gasteiger partial charge >= 0.3 is 5.97 Å². The maximum Gasteiger partial charge on any atom is 0.303 e. The Balaban J connectivity index is 1.29. The highest BCUT2D eigenvalue weighted by Crippen LogP contribution is 2.50. The number of esters is 1. The molecule has 0 aromatic carbocycles. The van der Waals surface area contributed by atoms with Crippen molar-refractivity contribution in [2.75, 3.05) is 7.11 Å². The lowest BCUT2D eigenvalue weighted by Crippen LogP contribution is -2.62. The molecule has 18 heteroatoms. The van der Waals surface area contributed by atoms with Gasteiger partial charge in [0.15, 0.2) is 48.1 Å². The predicted molar refractivity (Wildman–Crippen MR) is 232 cm³/mol. The predicted octanol–water partition coefficient (Wildman–Crippen LogP) is 5.89. The largest absolute Gasteiger partial charge is 0.510 e. The van der Waals surface area contributed by atoms with E-state index >= 15 is 0 Å². The summed E-state index contributed by atoms with van der Waals surface area (Å²) >= 11 is 12.3. The number of Topliss-reactive ketones (excluding diaryl/α,β-unsaturated/α-hetero) is 2. The van der Waals surface area contributed by atoms with E-state index < -0.39 is 96.3 Å². The molecule has 3 aliphatic heterocycles. The number of H-pyrrole nitrogens is 1. The number of carbonyl (C=O) groups is 3. The first-order chi connectivity index (χ1) is 29.6. The third kappa shape index (κ3) is 9.65. The molecule has 6 N–H and O–H groups in total. The lowest BCUT2D eigenvalue weighted by molar-refractivity contribution is -0.301. The van der Waals surface area contributed by atoms with Crippen molar-refractivity contribution in [3.63, 3.8) is 0 Å². The van der Waals surface area contributed by atoms with E-state index in [2.05, 4.69) is 23.1 Å². The van der Waals surface area contributed by atoms with E-state index in [9.17, 15) is 29.7 Å². The van der Waals surface area contributed by atoms with Crippen LogP contribution in [0.25, 0.3) is 0 Å². The molecule has 0 spiro atoms. The minimum atomic E-state index is -1.78. The Bertz CT molecular complexity index is 2030. The Hall–Kier alpha value is -3.74. The van der Waals surface area contributed by atoms with E-state index in [0.29, 0.717) is 12.8 Å². The van der Waals surface area contributed by atoms with Gasteiger partial charge in [-0.15, -0.1) is 0 Å². The van der Waals surface area contributed by atoms with E-state index in [4.69, 9.17) is 62.1 Å². The van der Waals surface area contributed by atoms with Crippen LogP contribution in [0.2, 0.25) is 10.0 Å². The van der Waals surface area contributed by atoms with E-state index in [-0.39, 0.29) is 75.4 Å². The van der Waals surface area contributed by atoms with Crippen molar-refractivity contribution in [2.45, 2.75) is 141 Å². The Morgan fingerprint density at radius 2 is 1.79 bits per heavy atom. The van der Waals surface area contributed by atoms with Gasteiger partial charge in [-0.05, 0) is 56.9 Å². The number of rotatable bonds is 13. The zero-order valence-electron chi connectivity index (χ0n) is 36.9. The van der Waals surface area contributed by atoms with E-state index in [1.165, 1.54) is 20.2 Å². The summed E-state index contributed by atoms with van der Waals surface area (Å²) in [5, 5.41) is 36.0. The third-order valence-corrected chi connectivity index (χ3v) is 14.0. The second-order valence-corrected chi connectivity index (χ2v) is 18.7. The molecule has 63 heavy (non-hydrogen) atoms. The second kappa shape index (κ2) is 19.4. The number of aliphatic hydroxyl groups excluding tert-OH is 2. The molecule has 16 unspecified atom stereocenters. The molecule has 1 saturated carbocycles. The molecule has 4 heterocycles. The molecule has 0 radical (unpaired) electrons. The lowest BCUT2D eigenvalue weighted by atomic mass is 9.61. The zero-order valence-corrected chi connectivity index (χ0v) is 38.4. The van der Waals surface area contributed by atoms with Crippen LogP contribution in [0.5, 0.6) is 0 Å². The van der Waals surface area contributed by atoms with Gasteiger partial charge in [-0.2, -0.15) is 0 Å². The van der Waals surface area contributed by atoms with Gasteiger partial charge in [0, 0.05) is 44.9 Å². The average molecular weight is 923 g/mol. The standard InChI is InChI=1S/C45H61Cl2N3O13/c1-18(2)38-37(54)35(50-44(63-38)42-40(57-10)41(61-25(9)51)39(22(6)59-42)60-24(8)48)36(53)32-20(4)11-13-26-29(14-12-19(3)31(26)32)62-30-16-45(56,43(55)23(7)58-30)21(5)15-28(52)34-33(47)27(46)17-49-34/h11,13,17-18,20-23,26,29-32,38-43,49,53,55-56H,3,8,12,14-16,48H2,1-2,4-7,9-10H3/b36-35-. The molecule has 0 amide bonds. The Morgan fingerprint density at radius 1 is 1.10 bits per heavy atom. The number of aromatic amines is 1. The molecule has 348 valence electrons. The summed E-state index contributed by atoms with van der Waals surface area (Å²) < 4.78 is 42.7. The van der Waals surface area contributed by atoms with Crippen molar-refractivity contribution in [1.82, 2.24) is 4.98 Å². The average Bonchev–Trinajstić information content (AvgIpc) is 3.55. The van der Waals surface area contributed by atoms with Crippen LogP contribution in [0, 0.1) is 35.5 Å². The minimum absolute atomic E-state index is 0.0519. The van der Waals surface area contributed by atoms with Gasteiger partial charge in [-0.3, -0.25) is 14.4 Å². The summed E-state index contributed by atoms with van der Waals surface area (Å²) in [6.07, 6.45) is -3.46. The van der Waals surface area contributed by atoms with E-state index in [1.807, 2.05) is 32.9 Å². The molecule has 1 aromatic rings. The van der Waals surface area contributed by atoms with Crippen LogP contribution >= 0.6 is 23.2 Å². The van der Waals surface area contributed by atoms with Crippen LogP contribution in [0.1, 0.15) is 84.6 Å². The number of hydrogen-bond donors (Lipinski definition) is 5. The number of hydrogen-bond acceptors (Lipinski definition) is 15. The Kier molecular flexibility index (Phi) is 15.0. The molecule has 6 rings (SSSR count). The topological polar surface area (TPSA) is 231 Å². The highest BCUT2D eigenvalue weighted by molar-refractivity contribution is 6.43. The quantitative estimate of drug-likeness (QED) is 0.0511. The fraction of sp³-hybridized carbons (Fsp3) is 0.644. The minimum Gasteiger partial charge on any atom is -0.510 e. The number of fused-ring (bicyclic) bond motifs is 1. The summed E-state index contributed by atoms with van der Waals surface area (Å²) in [5.41, 5.74) is 4.77. The van der Waals surface area contributed by atoms with E-state index in [1.54, 1.807) is 20.8 Å². The molecule has 2 saturated heterocycles. The van der Waals surface area contributed by atoms with Gasteiger partial charge in [-0.1, -0.05) is 75.2 Å². The number of methoxy groups -OCH3 is 1. The number of nitrogens with zero attached hydrogens (tertiary/aromatic N) is 1. The number of ketones is 2. The first kappa shape index (κ1) is 48.7. The molecule has 0 bridgehead atoms. The monoisotopic (exact) mass is 921 g/mol. The number of nitrogens with two attached hydrogens (primary N) is 1. The highest BCUT2D eigenvalue weighted by atomic mass is 35.5. The molecule has 16 atom stereocenters. The molecule has 5 aliphatic rings. The van der Waals surface area contributed by atoms with Crippen LogP contribution in [0.4, 0.5) is 0 Å². The second-order valence-electron chi connectivity index (χ2n) is 17.9. The number of aliphatic hydroxyl groups is 3. The summed E-state index contributed by atoms with van der Waals surface area (Å²) in [4.78, 5) is 47.3. The smallest absolute Gasteiger partial charge is 0.303 e. The maximum atomic E-state index is 14.3. The number of aromatic nitrogens is 1. The lowest BCUT2D eigenvalue weighted by Gasteiger charge is -2.50. The van der Waals surface area contributed by atoms with Crippen molar-refractivity contribution < 1.29 is 62.9 Å². The van der Waals surface area contributed by atoms with Crippen LogP contribution in [0.15, 0.2) is 59.4 Å². The fourth-order valence-electron chi connectivity index (χ4n) is 9.87. The van der Waals surface area contributed by atoms with Crippen molar-refractivity contribution in [3.8, 4) is 0 Å². The molecule has 2 aliphatic carbocycles. The first-order valence-corrected chi connectivity index (χ1v) is 22.2. The molecule has 3 fully saturated rings. The van der Waals surface area contributed by atoms with Gasteiger partial charge < -0.3 is 59.2 Å². The zero-order chi connectivity index (χ0) is 46.4. The molecular formula is C45H61Cl2N3O13. The summed E-state index contributed by atoms with van der Waals surface area (Å²) in [6, 6.07) is 0. The van der Waals surface area contributed by atoms with E-state index in [0.717, 1.165) is 5.57 Å². The van der Waals surface area contributed by atoms with Crippen molar-refractivity contribution >= 4 is 46.6 Å². The first-order valence-electron chi connectivity index (χ1n) is 21.4. The highest BCUT2D eigenvalue weighted by Gasteiger charge is 2.55. The molecular weight excluding hydrogens is 861 g/mol. The van der Waals surface area contributed by atoms with Crippen molar-refractivity contribution in [3.05, 3.63) is 70.2 Å².